The summed E-state index contributed by atoms with van der Waals surface area (Å²) in [5, 5.41) is 2.91. The van der Waals surface area contributed by atoms with E-state index in [1.54, 1.807) is 18.2 Å². The second-order valence-corrected chi connectivity index (χ2v) is 6.20. The van der Waals surface area contributed by atoms with Crippen molar-refractivity contribution in [2.24, 2.45) is 5.73 Å². The predicted octanol–water partition coefficient (Wildman–Crippen LogP) is 3.12. The number of aryl methyl sites for hydroxylation is 1. The number of rotatable bonds is 5. The van der Waals surface area contributed by atoms with Crippen LogP contribution in [0, 0.1) is 13.8 Å². The molecular weight excluding hydrogens is 326 g/mol. The van der Waals surface area contributed by atoms with Crippen molar-refractivity contribution < 1.29 is 9.59 Å². The highest BCUT2D eigenvalue weighted by Crippen LogP contribution is 2.20. The van der Waals surface area contributed by atoms with E-state index in [2.05, 4.69) is 9.88 Å². The van der Waals surface area contributed by atoms with E-state index in [4.69, 9.17) is 5.73 Å². The molecule has 3 N–H and O–H groups in total. The van der Waals surface area contributed by atoms with Crippen LogP contribution in [0.25, 0.3) is 5.69 Å². The first kappa shape index (κ1) is 17.5. The Kier molecular flexibility index (Phi) is 4.89. The van der Waals surface area contributed by atoms with E-state index in [1.807, 2.05) is 56.3 Å². The van der Waals surface area contributed by atoms with Gasteiger partial charge in [-0.2, -0.15) is 0 Å². The first-order valence-corrected chi connectivity index (χ1v) is 8.38. The number of hydrogen-bond acceptors (Lipinski definition) is 2. The third kappa shape index (κ3) is 3.52. The lowest BCUT2D eigenvalue weighted by Gasteiger charge is -2.10. The summed E-state index contributed by atoms with van der Waals surface area (Å²) in [6.45, 7) is 4.24. The number of aromatic nitrogens is 1. The second kappa shape index (κ2) is 7.27. The number of benzene rings is 2. The molecule has 0 atom stereocenters. The van der Waals surface area contributed by atoms with Gasteiger partial charge in [0, 0.05) is 29.2 Å². The Morgan fingerprint density at radius 1 is 1.00 bits per heavy atom. The fraction of sp³-hybridized carbons (Fsp3) is 0.143. The summed E-state index contributed by atoms with van der Waals surface area (Å²) in [4.78, 5) is 23.9. The molecule has 0 spiro atoms. The number of nitrogens with two attached hydrogens (primary N) is 1. The number of primary amides is 1. The van der Waals surface area contributed by atoms with Gasteiger partial charge in [-0.15, -0.1) is 0 Å². The van der Waals surface area contributed by atoms with E-state index in [1.165, 1.54) is 0 Å². The Balaban J connectivity index is 1.79. The zero-order valence-electron chi connectivity index (χ0n) is 14.8. The summed E-state index contributed by atoms with van der Waals surface area (Å²) >= 11 is 0. The van der Waals surface area contributed by atoms with Crippen molar-refractivity contribution in [2.45, 2.75) is 20.4 Å². The van der Waals surface area contributed by atoms with Crippen molar-refractivity contribution in [2.75, 3.05) is 0 Å². The van der Waals surface area contributed by atoms with Crippen molar-refractivity contribution in [3.63, 3.8) is 0 Å². The Labute approximate surface area is 152 Å². The molecule has 0 saturated heterocycles. The summed E-state index contributed by atoms with van der Waals surface area (Å²) in [5.74, 6) is -0.630. The number of carbonyl (C=O) groups excluding carboxylic acids is 2. The molecule has 0 radical (unpaired) electrons. The normalized spacial score (nSPS) is 10.5. The first-order valence-electron chi connectivity index (χ1n) is 8.38. The molecule has 0 saturated carbocycles. The topological polar surface area (TPSA) is 77.1 Å². The van der Waals surface area contributed by atoms with Gasteiger partial charge in [0.05, 0.1) is 5.56 Å². The zero-order chi connectivity index (χ0) is 18.7. The van der Waals surface area contributed by atoms with Crippen LogP contribution in [0.3, 0.4) is 0 Å². The van der Waals surface area contributed by atoms with Gasteiger partial charge in [0.25, 0.3) is 5.91 Å². The molecule has 0 aliphatic carbocycles. The van der Waals surface area contributed by atoms with E-state index in [0.29, 0.717) is 17.7 Å². The summed E-state index contributed by atoms with van der Waals surface area (Å²) in [7, 11) is 0. The average Bonchev–Trinajstić information content (AvgIpc) is 2.95. The molecule has 26 heavy (non-hydrogen) atoms. The van der Waals surface area contributed by atoms with Crippen LogP contribution in [0.1, 0.15) is 37.7 Å². The summed E-state index contributed by atoms with van der Waals surface area (Å²) < 4.78 is 2.06. The van der Waals surface area contributed by atoms with Crippen LogP contribution in [0.2, 0.25) is 0 Å². The highest BCUT2D eigenvalue weighted by Gasteiger charge is 2.16. The zero-order valence-corrected chi connectivity index (χ0v) is 14.8. The second-order valence-electron chi connectivity index (χ2n) is 6.20. The number of para-hydroxylation sites is 1. The van der Waals surface area contributed by atoms with Gasteiger partial charge in [-0.3, -0.25) is 9.59 Å². The third-order valence-corrected chi connectivity index (χ3v) is 4.35. The molecular formula is C21H21N3O2. The van der Waals surface area contributed by atoms with Crippen molar-refractivity contribution >= 4 is 11.8 Å². The van der Waals surface area contributed by atoms with Crippen molar-refractivity contribution in [1.82, 2.24) is 9.88 Å². The Morgan fingerprint density at radius 2 is 1.73 bits per heavy atom. The maximum atomic E-state index is 12.6. The van der Waals surface area contributed by atoms with Gasteiger partial charge in [0.15, 0.2) is 0 Å². The van der Waals surface area contributed by atoms with Crippen molar-refractivity contribution in [1.29, 1.82) is 0 Å². The minimum Gasteiger partial charge on any atom is -0.366 e. The van der Waals surface area contributed by atoms with Crippen LogP contribution in [0.5, 0.6) is 0 Å². The van der Waals surface area contributed by atoms with Gasteiger partial charge in [-0.25, -0.2) is 0 Å². The van der Waals surface area contributed by atoms with Gasteiger partial charge < -0.3 is 15.6 Å². The number of carbonyl (C=O) groups is 2. The average molecular weight is 347 g/mol. The van der Waals surface area contributed by atoms with E-state index >= 15 is 0 Å². The maximum Gasteiger partial charge on any atom is 0.253 e. The van der Waals surface area contributed by atoms with Crippen LogP contribution in [-0.4, -0.2) is 16.4 Å². The summed E-state index contributed by atoms with van der Waals surface area (Å²) in [6, 6.07) is 18.8. The fourth-order valence-electron chi connectivity index (χ4n) is 3.08. The number of nitrogens with one attached hydrogen (secondary N) is 1. The molecule has 5 heteroatoms. The molecule has 3 rings (SSSR count). The number of amides is 2. The molecule has 0 unspecified atom stereocenters. The van der Waals surface area contributed by atoms with E-state index in [-0.39, 0.29) is 5.91 Å². The maximum absolute atomic E-state index is 12.6. The molecule has 0 fully saturated rings. The third-order valence-electron chi connectivity index (χ3n) is 4.35. The van der Waals surface area contributed by atoms with Crippen LogP contribution < -0.4 is 11.1 Å². The minimum absolute atomic E-state index is 0.148. The molecule has 0 aliphatic heterocycles. The molecule has 1 heterocycles. The highest BCUT2D eigenvalue weighted by atomic mass is 16.2. The van der Waals surface area contributed by atoms with E-state index in [9.17, 15) is 9.59 Å². The standard InChI is InChI=1S/C21H21N3O2/c1-14-11-19(15(2)24(14)18-9-4-3-5-10-18)21(26)23-13-16-7-6-8-17(12-16)20(22)25/h3-12H,13H2,1-2H3,(H2,22,25)(H,23,26). The summed E-state index contributed by atoms with van der Waals surface area (Å²) in [6.07, 6.45) is 0. The monoisotopic (exact) mass is 347 g/mol. The largest absolute Gasteiger partial charge is 0.366 e. The van der Waals surface area contributed by atoms with E-state index in [0.717, 1.165) is 22.6 Å². The SMILES string of the molecule is Cc1cc(C(=O)NCc2cccc(C(N)=O)c2)c(C)n1-c1ccccc1. The Morgan fingerprint density at radius 3 is 2.42 bits per heavy atom. The fourth-order valence-corrected chi connectivity index (χ4v) is 3.08. The number of nitrogens with zero attached hydrogens (tertiary/aromatic N) is 1. The van der Waals surface area contributed by atoms with Crippen LogP contribution >= 0.6 is 0 Å². The Hall–Kier alpha value is -3.34. The van der Waals surface area contributed by atoms with Gasteiger partial charge in [-0.1, -0.05) is 30.3 Å². The summed E-state index contributed by atoms with van der Waals surface area (Å²) in [5.41, 5.74) is 10.1. The van der Waals surface area contributed by atoms with Crippen LogP contribution in [0.4, 0.5) is 0 Å². The highest BCUT2D eigenvalue weighted by molar-refractivity contribution is 5.96. The molecule has 0 bridgehead atoms. The molecule has 132 valence electrons. The lowest BCUT2D eigenvalue weighted by molar-refractivity contribution is 0.0949. The molecule has 0 aliphatic rings. The van der Waals surface area contributed by atoms with Gasteiger partial charge in [-0.05, 0) is 49.7 Å². The molecule has 2 amide bonds. The molecule has 1 aromatic heterocycles. The van der Waals surface area contributed by atoms with Gasteiger partial charge in [0.1, 0.15) is 0 Å². The Bertz CT molecular complexity index is 959. The number of hydrogen-bond donors (Lipinski definition) is 2. The molecule has 5 nitrogen and oxygen atoms in total. The predicted molar refractivity (Wildman–Crippen MR) is 101 cm³/mol. The first-order chi connectivity index (χ1) is 12.5. The smallest absolute Gasteiger partial charge is 0.253 e. The van der Waals surface area contributed by atoms with Crippen molar-refractivity contribution in [3.8, 4) is 5.69 Å². The van der Waals surface area contributed by atoms with Crippen LogP contribution in [0.15, 0.2) is 60.7 Å². The lowest BCUT2D eigenvalue weighted by atomic mass is 10.1. The van der Waals surface area contributed by atoms with Gasteiger partial charge in [0.2, 0.25) is 5.91 Å². The van der Waals surface area contributed by atoms with Crippen LogP contribution in [-0.2, 0) is 6.54 Å². The van der Waals surface area contributed by atoms with Gasteiger partial charge >= 0.3 is 0 Å². The quantitative estimate of drug-likeness (QED) is 0.744. The van der Waals surface area contributed by atoms with Crippen molar-refractivity contribution in [3.05, 3.63) is 88.7 Å². The minimum atomic E-state index is -0.482. The lowest BCUT2D eigenvalue weighted by Crippen LogP contribution is -2.23. The molecule has 3 aromatic rings. The van der Waals surface area contributed by atoms with E-state index < -0.39 is 5.91 Å². The molecule has 2 aromatic carbocycles.